The van der Waals surface area contributed by atoms with Gasteiger partial charge in [-0.2, -0.15) is 0 Å². The average Bonchev–Trinajstić information content (AvgIpc) is 2.64. The van der Waals surface area contributed by atoms with Crippen LogP contribution in [0.25, 0.3) is 6.08 Å². The fourth-order valence-electron chi connectivity index (χ4n) is 2.25. The van der Waals surface area contributed by atoms with Gasteiger partial charge in [-0.15, -0.1) is 0 Å². The van der Waals surface area contributed by atoms with Crippen molar-refractivity contribution in [3.8, 4) is 23.0 Å². The van der Waals surface area contributed by atoms with Crippen LogP contribution in [0.5, 0.6) is 23.0 Å². The monoisotopic (exact) mass is 328 g/mol. The van der Waals surface area contributed by atoms with E-state index in [0.717, 1.165) is 0 Å². The summed E-state index contributed by atoms with van der Waals surface area (Å²) in [6, 6.07) is 10.5. The average molecular weight is 328 g/mol. The molecule has 24 heavy (non-hydrogen) atoms. The Morgan fingerprint density at radius 2 is 1.62 bits per heavy atom. The highest BCUT2D eigenvalue weighted by Crippen LogP contribution is 2.36. The molecule has 126 valence electrons. The topological polar surface area (TPSA) is 54.0 Å². The molecule has 0 amide bonds. The predicted octanol–water partition coefficient (Wildman–Crippen LogP) is 3.62. The molecule has 0 aliphatic rings. The number of carbonyl (C=O) groups excluding carboxylic acids is 1. The summed E-state index contributed by atoms with van der Waals surface area (Å²) in [5.41, 5.74) is 1.23. The number of methoxy groups -OCH3 is 4. The van der Waals surface area contributed by atoms with Crippen LogP contribution in [0.1, 0.15) is 15.9 Å². The van der Waals surface area contributed by atoms with E-state index in [1.807, 2.05) is 0 Å². The van der Waals surface area contributed by atoms with Crippen LogP contribution in [0.2, 0.25) is 0 Å². The molecule has 2 rings (SSSR count). The van der Waals surface area contributed by atoms with Crippen molar-refractivity contribution >= 4 is 11.9 Å². The van der Waals surface area contributed by atoms with E-state index in [1.54, 1.807) is 70.9 Å². The van der Waals surface area contributed by atoms with Gasteiger partial charge in [-0.25, -0.2) is 0 Å². The molecule has 0 aliphatic carbocycles. The third kappa shape index (κ3) is 3.87. The summed E-state index contributed by atoms with van der Waals surface area (Å²) in [7, 11) is 6.22. The highest BCUT2D eigenvalue weighted by atomic mass is 16.5. The van der Waals surface area contributed by atoms with Gasteiger partial charge in [0.15, 0.2) is 17.3 Å². The van der Waals surface area contributed by atoms with E-state index in [4.69, 9.17) is 18.9 Å². The van der Waals surface area contributed by atoms with Gasteiger partial charge in [-0.3, -0.25) is 4.79 Å². The SMILES string of the molecule is COc1cccc(C(=O)/C=C/c2cc(OC)cc(OC)c2OC)c1. The smallest absolute Gasteiger partial charge is 0.185 e. The lowest BCUT2D eigenvalue weighted by Crippen LogP contribution is -1.97. The summed E-state index contributed by atoms with van der Waals surface area (Å²) in [4.78, 5) is 12.3. The summed E-state index contributed by atoms with van der Waals surface area (Å²) < 4.78 is 21.1. The quantitative estimate of drug-likeness (QED) is 0.574. The number of hydrogen-bond donors (Lipinski definition) is 0. The van der Waals surface area contributed by atoms with E-state index in [9.17, 15) is 4.79 Å². The number of rotatable bonds is 7. The fourth-order valence-corrected chi connectivity index (χ4v) is 2.25. The van der Waals surface area contributed by atoms with Gasteiger partial charge in [0.1, 0.15) is 11.5 Å². The summed E-state index contributed by atoms with van der Waals surface area (Å²) in [6.45, 7) is 0. The molecular weight excluding hydrogens is 308 g/mol. The van der Waals surface area contributed by atoms with E-state index in [0.29, 0.717) is 34.1 Å². The van der Waals surface area contributed by atoms with Crippen molar-refractivity contribution in [3.63, 3.8) is 0 Å². The first-order valence-corrected chi connectivity index (χ1v) is 7.29. The van der Waals surface area contributed by atoms with Crippen molar-refractivity contribution in [2.75, 3.05) is 28.4 Å². The summed E-state index contributed by atoms with van der Waals surface area (Å²) in [5, 5.41) is 0. The van der Waals surface area contributed by atoms with Crippen LogP contribution in [-0.2, 0) is 0 Å². The van der Waals surface area contributed by atoms with Crippen molar-refractivity contribution in [2.45, 2.75) is 0 Å². The molecule has 0 N–H and O–H groups in total. The first-order valence-electron chi connectivity index (χ1n) is 7.29. The maximum absolute atomic E-state index is 12.3. The Balaban J connectivity index is 2.34. The van der Waals surface area contributed by atoms with Crippen LogP contribution in [-0.4, -0.2) is 34.2 Å². The molecule has 0 radical (unpaired) electrons. The molecule has 0 saturated carbocycles. The number of hydrogen-bond acceptors (Lipinski definition) is 5. The van der Waals surface area contributed by atoms with E-state index in [2.05, 4.69) is 0 Å². The number of allylic oxidation sites excluding steroid dienone is 1. The number of benzene rings is 2. The normalized spacial score (nSPS) is 10.5. The van der Waals surface area contributed by atoms with E-state index in [1.165, 1.54) is 6.08 Å². The van der Waals surface area contributed by atoms with E-state index >= 15 is 0 Å². The maximum Gasteiger partial charge on any atom is 0.185 e. The van der Waals surface area contributed by atoms with Crippen LogP contribution in [0, 0.1) is 0 Å². The van der Waals surface area contributed by atoms with E-state index in [-0.39, 0.29) is 5.78 Å². The molecule has 0 heterocycles. The molecular formula is C19H20O5. The minimum atomic E-state index is -0.141. The molecule has 0 unspecified atom stereocenters. The summed E-state index contributed by atoms with van der Waals surface area (Å²) in [6.07, 6.45) is 3.15. The minimum Gasteiger partial charge on any atom is -0.497 e. The Morgan fingerprint density at radius 3 is 2.25 bits per heavy atom. The lowest BCUT2D eigenvalue weighted by molar-refractivity contribution is 0.104. The molecule has 0 atom stereocenters. The van der Waals surface area contributed by atoms with E-state index < -0.39 is 0 Å². The van der Waals surface area contributed by atoms with Crippen molar-refractivity contribution < 1.29 is 23.7 Å². The van der Waals surface area contributed by atoms with Crippen LogP contribution < -0.4 is 18.9 Å². The molecule has 0 aromatic heterocycles. The molecule has 0 fully saturated rings. The number of ether oxygens (including phenoxy) is 4. The Kier molecular flexibility index (Phi) is 5.84. The third-order valence-corrected chi connectivity index (χ3v) is 3.49. The highest BCUT2D eigenvalue weighted by Gasteiger charge is 2.12. The maximum atomic E-state index is 12.3. The van der Waals surface area contributed by atoms with Crippen molar-refractivity contribution in [3.05, 3.63) is 53.6 Å². The second-order valence-electron chi connectivity index (χ2n) is 4.88. The van der Waals surface area contributed by atoms with Gasteiger partial charge in [0.25, 0.3) is 0 Å². The highest BCUT2D eigenvalue weighted by molar-refractivity contribution is 6.07. The van der Waals surface area contributed by atoms with Crippen molar-refractivity contribution in [1.29, 1.82) is 0 Å². The molecule has 5 heteroatoms. The Hall–Kier alpha value is -2.95. The van der Waals surface area contributed by atoms with Crippen LogP contribution in [0.4, 0.5) is 0 Å². The molecule has 0 bridgehead atoms. The predicted molar refractivity (Wildman–Crippen MR) is 92.5 cm³/mol. The Bertz CT molecular complexity index is 749. The molecule has 2 aromatic carbocycles. The third-order valence-electron chi connectivity index (χ3n) is 3.49. The minimum absolute atomic E-state index is 0.141. The lowest BCUT2D eigenvalue weighted by atomic mass is 10.1. The lowest BCUT2D eigenvalue weighted by Gasteiger charge is -2.12. The van der Waals surface area contributed by atoms with Crippen molar-refractivity contribution in [1.82, 2.24) is 0 Å². The second kappa shape index (κ2) is 8.06. The molecule has 0 saturated heterocycles. The van der Waals surface area contributed by atoms with Gasteiger partial charge >= 0.3 is 0 Å². The van der Waals surface area contributed by atoms with Crippen molar-refractivity contribution in [2.24, 2.45) is 0 Å². The van der Waals surface area contributed by atoms with Crippen LogP contribution in [0.3, 0.4) is 0 Å². The second-order valence-corrected chi connectivity index (χ2v) is 4.88. The summed E-state index contributed by atoms with van der Waals surface area (Å²) >= 11 is 0. The van der Waals surface area contributed by atoms with Crippen LogP contribution in [0.15, 0.2) is 42.5 Å². The number of carbonyl (C=O) groups is 1. The standard InChI is InChI=1S/C19H20O5/c1-21-15-7-5-6-13(10-15)17(20)9-8-14-11-16(22-2)12-18(23-3)19(14)24-4/h5-12H,1-4H3/b9-8+. The fraction of sp³-hybridized carbons (Fsp3) is 0.211. The van der Waals surface area contributed by atoms with Gasteiger partial charge in [0.05, 0.1) is 28.4 Å². The molecule has 2 aromatic rings. The van der Waals surface area contributed by atoms with Gasteiger partial charge in [-0.1, -0.05) is 12.1 Å². The largest absolute Gasteiger partial charge is 0.497 e. The van der Waals surface area contributed by atoms with Gasteiger partial charge < -0.3 is 18.9 Å². The zero-order valence-electron chi connectivity index (χ0n) is 14.2. The zero-order valence-corrected chi connectivity index (χ0v) is 14.2. The van der Waals surface area contributed by atoms with Crippen LogP contribution >= 0.6 is 0 Å². The Morgan fingerprint density at radius 1 is 0.875 bits per heavy atom. The molecule has 5 nitrogen and oxygen atoms in total. The van der Waals surface area contributed by atoms with Gasteiger partial charge in [0.2, 0.25) is 0 Å². The number of ketones is 1. The first kappa shape index (κ1) is 17.4. The molecule has 0 aliphatic heterocycles. The summed E-state index contributed by atoms with van der Waals surface area (Å²) in [5.74, 6) is 2.17. The van der Waals surface area contributed by atoms with Gasteiger partial charge in [0, 0.05) is 17.2 Å². The Labute approximate surface area is 141 Å². The van der Waals surface area contributed by atoms with Gasteiger partial charge in [-0.05, 0) is 30.4 Å². The molecule has 0 spiro atoms. The zero-order chi connectivity index (χ0) is 17.5. The first-order chi connectivity index (χ1) is 11.6.